The van der Waals surface area contributed by atoms with Gasteiger partial charge in [-0.05, 0) is 31.5 Å². The molecule has 0 saturated carbocycles. The van der Waals surface area contributed by atoms with Crippen LogP contribution >= 0.6 is 0 Å². The van der Waals surface area contributed by atoms with Gasteiger partial charge in [0.1, 0.15) is 11.5 Å². The number of nitrogens with zero attached hydrogens (tertiary/aromatic N) is 1. The van der Waals surface area contributed by atoms with Crippen molar-refractivity contribution in [1.29, 1.82) is 0 Å². The van der Waals surface area contributed by atoms with E-state index in [4.69, 9.17) is 4.74 Å². The average Bonchev–Trinajstić information content (AvgIpc) is 2.41. The van der Waals surface area contributed by atoms with E-state index in [1.54, 1.807) is 32.0 Å². The van der Waals surface area contributed by atoms with Crippen LogP contribution in [-0.4, -0.2) is 10.0 Å². The third kappa shape index (κ3) is 2.95. The molecule has 0 aliphatic rings. The first-order chi connectivity index (χ1) is 9.49. The highest BCUT2D eigenvalue weighted by Crippen LogP contribution is 2.32. The number of aryl methyl sites for hydroxylation is 1. The van der Waals surface area contributed by atoms with Crippen LogP contribution in [0.1, 0.15) is 24.2 Å². The molecule has 1 unspecified atom stereocenters. The second-order valence-corrected chi connectivity index (χ2v) is 4.52. The Morgan fingerprint density at radius 1 is 1.20 bits per heavy atom. The molecule has 0 saturated heterocycles. The van der Waals surface area contributed by atoms with Crippen molar-refractivity contribution in [1.82, 2.24) is 0 Å². The predicted octanol–water partition coefficient (Wildman–Crippen LogP) is 3.75. The van der Waals surface area contributed by atoms with Crippen LogP contribution in [0.2, 0.25) is 0 Å². The number of aliphatic hydroxyl groups is 1. The van der Waals surface area contributed by atoms with Crippen LogP contribution in [0.5, 0.6) is 11.5 Å². The molecule has 2 rings (SSSR count). The summed E-state index contributed by atoms with van der Waals surface area (Å²) in [4.78, 5) is 10.3. The predicted molar refractivity (Wildman–Crippen MR) is 75.0 cm³/mol. The first kappa shape index (κ1) is 14.0. The molecule has 2 aromatic carbocycles. The molecule has 5 heteroatoms. The number of rotatable bonds is 4. The number of para-hydroxylation sites is 1. The summed E-state index contributed by atoms with van der Waals surface area (Å²) in [6.45, 7) is 3.40. The molecular weight excluding hydrogens is 258 g/mol. The Morgan fingerprint density at radius 3 is 2.50 bits per heavy atom. The van der Waals surface area contributed by atoms with Crippen LogP contribution in [0.3, 0.4) is 0 Å². The zero-order chi connectivity index (χ0) is 14.7. The minimum absolute atomic E-state index is 0.0265. The fourth-order valence-electron chi connectivity index (χ4n) is 1.90. The van der Waals surface area contributed by atoms with Gasteiger partial charge in [-0.1, -0.05) is 18.2 Å². The molecular formula is C15H15NO4. The van der Waals surface area contributed by atoms with Gasteiger partial charge in [-0.25, -0.2) is 0 Å². The van der Waals surface area contributed by atoms with Crippen molar-refractivity contribution in [3.8, 4) is 11.5 Å². The maximum absolute atomic E-state index is 10.7. The molecule has 0 spiro atoms. The van der Waals surface area contributed by atoms with Gasteiger partial charge < -0.3 is 9.84 Å². The fourth-order valence-corrected chi connectivity index (χ4v) is 1.90. The molecule has 0 fully saturated rings. The SMILES string of the molecule is Cc1cc([N+](=O)[O-])ccc1Oc1ccccc1C(C)O. The summed E-state index contributed by atoms with van der Waals surface area (Å²) in [7, 11) is 0. The van der Waals surface area contributed by atoms with E-state index >= 15 is 0 Å². The molecule has 104 valence electrons. The van der Waals surface area contributed by atoms with Gasteiger partial charge >= 0.3 is 0 Å². The summed E-state index contributed by atoms with van der Waals surface area (Å²) < 4.78 is 5.75. The van der Waals surface area contributed by atoms with E-state index in [0.717, 1.165) is 0 Å². The van der Waals surface area contributed by atoms with Crippen molar-refractivity contribution < 1.29 is 14.8 Å². The van der Waals surface area contributed by atoms with Crippen LogP contribution in [-0.2, 0) is 0 Å². The Hall–Kier alpha value is -2.40. The molecule has 0 aromatic heterocycles. The van der Waals surface area contributed by atoms with Gasteiger partial charge in [0.25, 0.3) is 5.69 Å². The number of hydrogen-bond donors (Lipinski definition) is 1. The van der Waals surface area contributed by atoms with Crippen molar-refractivity contribution in [2.24, 2.45) is 0 Å². The summed E-state index contributed by atoms with van der Waals surface area (Å²) in [6.07, 6.45) is -0.649. The van der Waals surface area contributed by atoms with Crippen LogP contribution in [0, 0.1) is 17.0 Å². The Labute approximate surface area is 116 Å². The lowest BCUT2D eigenvalue weighted by atomic mass is 10.1. The number of non-ortho nitro benzene ring substituents is 1. The third-order valence-corrected chi connectivity index (χ3v) is 2.96. The topological polar surface area (TPSA) is 72.6 Å². The third-order valence-electron chi connectivity index (χ3n) is 2.96. The van der Waals surface area contributed by atoms with Crippen molar-refractivity contribution in [2.45, 2.75) is 20.0 Å². The zero-order valence-electron chi connectivity index (χ0n) is 11.2. The first-order valence-corrected chi connectivity index (χ1v) is 6.19. The zero-order valence-corrected chi connectivity index (χ0v) is 11.2. The lowest BCUT2D eigenvalue weighted by Gasteiger charge is -2.14. The molecule has 20 heavy (non-hydrogen) atoms. The number of benzene rings is 2. The van der Waals surface area contributed by atoms with Gasteiger partial charge in [-0.15, -0.1) is 0 Å². The van der Waals surface area contributed by atoms with Gasteiger partial charge in [0.15, 0.2) is 0 Å². The maximum Gasteiger partial charge on any atom is 0.269 e. The second kappa shape index (κ2) is 5.71. The molecule has 0 aliphatic heterocycles. The highest BCUT2D eigenvalue weighted by Gasteiger charge is 2.12. The summed E-state index contributed by atoms with van der Waals surface area (Å²) in [5.74, 6) is 1.07. The molecule has 1 atom stereocenters. The van der Waals surface area contributed by atoms with Crippen LogP contribution in [0.15, 0.2) is 42.5 Å². The van der Waals surface area contributed by atoms with Crippen molar-refractivity contribution in [3.63, 3.8) is 0 Å². The van der Waals surface area contributed by atoms with E-state index in [1.165, 1.54) is 12.1 Å². The van der Waals surface area contributed by atoms with Crippen molar-refractivity contribution in [2.75, 3.05) is 0 Å². The summed E-state index contributed by atoms with van der Waals surface area (Å²) >= 11 is 0. The van der Waals surface area contributed by atoms with E-state index in [-0.39, 0.29) is 5.69 Å². The molecule has 0 amide bonds. The lowest BCUT2D eigenvalue weighted by molar-refractivity contribution is -0.384. The normalized spacial score (nSPS) is 11.9. The van der Waals surface area contributed by atoms with Gasteiger partial charge in [-0.2, -0.15) is 0 Å². The van der Waals surface area contributed by atoms with Gasteiger partial charge in [-0.3, -0.25) is 10.1 Å². The Morgan fingerprint density at radius 2 is 1.90 bits per heavy atom. The van der Waals surface area contributed by atoms with Gasteiger partial charge in [0.05, 0.1) is 11.0 Å². The maximum atomic E-state index is 10.7. The molecule has 0 heterocycles. The standard InChI is InChI=1S/C15H15NO4/c1-10-9-12(16(18)19)7-8-14(10)20-15-6-4-3-5-13(15)11(2)17/h3-9,11,17H,1-2H3. The second-order valence-electron chi connectivity index (χ2n) is 4.52. The van der Waals surface area contributed by atoms with Crippen molar-refractivity contribution in [3.05, 3.63) is 63.7 Å². The van der Waals surface area contributed by atoms with E-state index in [9.17, 15) is 15.2 Å². The monoisotopic (exact) mass is 273 g/mol. The molecule has 2 aromatic rings. The minimum atomic E-state index is -0.649. The molecule has 0 bridgehead atoms. The highest BCUT2D eigenvalue weighted by atomic mass is 16.6. The van der Waals surface area contributed by atoms with Gasteiger partial charge in [0, 0.05) is 17.7 Å². The van der Waals surface area contributed by atoms with Crippen LogP contribution < -0.4 is 4.74 Å². The van der Waals surface area contributed by atoms with E-state index in [1.807, 2.05) is 12.1 Å². The summed E-state index contributed by atoms with van der Waals surface area (Å²) in [5, 5.41) is 20.4. The smallest absolute Gasteiger partial charge is 0.269 e. The largest absolute Gasteiger partial charge is 0.457 e. The Balaban J connectivity index is 2.33. The minimum Gasteiger partial charge on any atom is -0.457 e. The molecule has 1 N–H and O–H groups in total. The van der Waals surface area contributed by atoms with E-state index < -0.39 is 11.0 Å². The average molecular weight is 273 g/mol. The van der Waals surface area contributed by atoms with E-state index in [2.05, 4.69) is 0 Å². The van der Waals surface area contributed by atoms with Crippen molar-refractivity contribution >= 4 is 5.69 Å². The quantitative estimate of drug-likeness (QED) is 0.680. The van der Waals surface area contributed by atoms with Gasteiger partial charge in [0.2, 0.25) is 0 Å². The van der Waals surface area contributed by atoms with E-state index in [0.29, 0.717) is 22.6 Å². The number of aliphatic hydroxyl groups excluding tert-OH is 1. The number of nitro benzene ring substituents is 1. The fraction of sp³-hybridized carbons (Fsp3) is 0.200. The summed E-state index contributed by atoms with van der Waals surface area (Å²) in [5.41, 5.74) is 1.36. The highest BCUT2D eigenvalue weighted by molar-refractivity contribution is 5.46. The Kier molecular flexibility index (Phi) is 4.00. The lowest BCUT2D eigenvalue weighted by Crippen LogP contribution is -1.97. The Bertz CT molecular complexity index is 638. The number of ether oxygens (including phenoxy) is 1. The number of hydrogen-bond acceptors (Lipinski definition) is 4. The van der Waals surface area contributed by atoms with Crippen LogP contribution in [0.25, 0.3) is 0 Å². The van der Waals surface area contributed by atoms with Crippen LogP contribution in [0.4, 0.5) is 5.69 Å². The molecule has 0 aliphatic carbocycles. The molecule has 5 nitrogen and oxygen atoms in total. The summed E-state index contributed by atoms with van der Waals surface area (Å²) in [6, 6.07) is 11.6. The molecule has 0 radical (unpaired) electrons. The number of nitro groups is 1. The first-order valence-electron chi connectivity index (χ1n) is 6.19.